The molecule has 0 fully saturated rings. The molecule has 1 aliphatic rings. The highest BCUT2D eigenvalue weighted by molar-refractivity contribution is 7.80. The maximum Gasteiger partial charge on any atom is 0.120 e. The molecule has 112 valence electrons. The van der Waals surface area contributed by atoms with E-state index in [4.69, 9.17) is 17.5 Å². The lowest BCUT2D eigenvalue weighted by Crippen LogP contribution is -2.38. The number of thiocarbonyl (C=S) groups is 1. The van der Waals surface area contributed by atoms with E-state index in [-0.39, 0.29) is 5.41 Å². The van der Waals surface area contributed by atoms with Gasteiger partial charge in [0, 0.05) is 31.9 Å². The third kappa shape index (κ3) is 2.13. The summed E-state index contributed by atoms with van der Waals surface area (Å²) in [6.07, 6.45) is 0.881. The van der Waals surface area contributed by atoms with Crippen molar-refractivity contribution >= 4 is 22.9 Å². The minimum Gasteiger partial charge on any atom is -0.339 e. The summed E-state index contributed by atoms with van der Waals surface area (Å²) in [5.74, 6) is 0. The van der Waals surface area contributed by atoms with Crippen LogP contribution in [0.2, 0.25) is 0 Å². The van der Waals surface area contributed by atoms with Crippen molar-refractivity contribution in [1.82, 2.24) is 4.57 Å². The first kappa shape index (κ1) is 14.8. The fourth-order valence-electron chi connectivity index (χ4n) is 3.17. The zero-order chi connectivity index (χ0) is 16.1. The summed E-state index contributed by atoms with van der Waals surface area (Å²) < 4.78 is 1.94. The first-order chi connectivity index (χ1) is 10.3. The number of nitrogens with zero attached hydrogens (tertiary/aromatic N) is 3. The molecule has 4 heteroatoms. The lowest BCUT2D eigenvalue weighted by molar-refractivity contribution is 0.540. The Morgan fingerprint density at radius 3 is 2.55 bits per heavy atom. The quantitative estimate of drug-likeness (QED) is 0.746. The number of anilines is 1. The average Bonchev–Trinajstić information content (AvgIpc) is 2.85. The number of nitriles is 1. The molecule has 1 aromatic carbocycles. The van der Waals surface area contributed by atoms with E-state index < -0.39 is 0 Å². The fourth-order valence-corrected chi connectivity index (χ4v) is 3.63. The van der Waals surface area contributed by atoms with Gasteiger partial charge in [0.05, 0.1) is 4.99 Å². The molecular formula is C18H19N3S. The Labute approximate surface area is 136 Å². The molecule has 22 heavy (non-hydrogen) atoms. The van der Waals surface area contributed by atoms with E-state index in [0.717, 1.165) is 22.7 Å². The first-order valence-corrected chi connectivity index (χ1v) is 7.73. The van der Waals surface area contributed by atoms with Gasteiger partial charge in [-0.25, -0.2) is 0 Å². The summed E-state index contributed by atoms with van der Waals surface area (Å²) in [5.41, 5.74) is 5.38. The molecule has 2 aromatic rings. The molecule has 0 unspecified atom stereocenters. The smallest absolute Gasteiger partial charge is 0.120 e. The largest absolute Gasteiger partial charge is 0.339 e. The number of fused-ring (bicyclic) bond motifs is 1. The molecule has 0 bridgehead atoms. The Kier molecular flexibility index (Phi) is 3.34. The fraction of sp³-hybridized carbons (Fsp3) is 0.333. The van der Waals surface area contributed by atoms with E-state index in [2.05, 4.69) is 43.0 Å². The van der Waals surface area contributed by atoms with Gasteiger partial charge in [-0.1, -0.05) is 32.1 Å². The summed E-state index contributed by atoms with van der Waals surface area (Å²) in [6.45, 7) is 4.47. The van der Waals surface area contributed by atoms with Crippen LogP contribution in [0.3, 0.4) is 0 Å². The molecular weight excluding hydrogens is 290 g/mol. The van der Waals surface area contributed by atoms with Gasteiger partial charge in [0.15, 0.2) is 0 Å². The highest BCUT2D eigenvalue weighted by atomic mass is 32.1. The highest BCUT2D eigenvalue weighted by Crippen LogP contribution is 2.42. The molecule has 0 saturated heterocycles. The van der Waals surface area contributed by atoms with Gasteiger partial charge in [-0.2, -0.15) is 5.26 Å². The molecule has 0 atom stereocenters. The van der Waals surface area contributed by atoms with E-state index in [1.807, 2.05) is 30.8 Å². The van der Waals surface area contributed by atoms with E-state index >= 15 is 0 Å². The summed E-state index contributed by atoms with van der Waals surface area (Å²) in [6, 6.07) is 12.6. The van der Waals surface area contributed by atoms with Crippen LogP contribution in [0.25, 0.3) is 11.3 Å². The zero-order valence-corrected chi connectivity index (χ0v) is 14.2. The molecule has 3 nitrogen and oxygen atoms in total. The minimum absolute atomic E-state index is 0.0260. The molecule has 1 aliphatic heterocycles. The number of hydrogen-bond donors (Lipinski definition) is 0. The van der Waals surface area contributed by atoms with Gasteiger partial charge in [0.2, 0.25) is 0 Å². The lowest BCUT2D eigenvalue weighted by Gasteiger charge is -2.39. The molecule has 0 radical (unpaired) electrons. The van der Waals surface area contributed by atoms with Crippen molar-refractivity contribution in [3.8, 4) is 17.3 Å². The van der Waals surface area contributed by atoms with Gasteiger partial charge < -0.3 is 9.47 Å². The Bertz CT molecular complexity index is 808. The van der Waals surface area contributed by atoms with Crippen LogP contribution in [0.1, 0.15) is 31.5 Å². The molecule has 0 amide bonds. The highest BCUT2D eigenvalue weighted by Gasteiger charge is 2.33. The Morgan fingerprint density at radius 2 is 1.91 bits per heavy atom. The molecule has 0 spiro atoms. The maximum atomic E-state index is 9.13. The van der Waals surface area contributed by atoms with Gasteiger partial charge in [-0.3, -0.25) is 0 Å². The minimum atomic E-state index is 0.0260. The monoisotopic (exact) mass is 309 g/mol. The van der Waals surface area contributed by atoms with Crippen molar-refractivity contribution in [2.24, 2.45) is 7.05 Å². The summed E-state index contributed by atoms with van der Waals surface area (Å²) in [7, 11) is 3.96. The predicted octanol–water partition coefficient (Wildman–Crippen LogP) is 4.01. The van der Waals surface area contributed by atoms with Crippen LogP contribution in [-0.4, -0.2) is 16.6 Å². The Balaban J connectivity index is 2.17. The zero-order valence-electron chi connectivity index (χ0n) is 13.3. The maximum absolute atomic E-state index is 9.13. The number of hydrogen-bond acceptors (Lipinski definition) is 2. The van der Waals surface area contributed by atoms with Crippen molar-refractivity contribution < 1.29 is 0 Å². The summed E-state index contributed by atoms with van der Waals surface area (Å²) in [5, 5.41) is 9.13. The van der Waals surface area contributed by atoms with Crippen LogP contribution in [0.15, 0.2) is 30.3 Å². The van der Waals surface area contributed by atoms with Gasteiger partial charge in [-0.05, 0) is 40.8 Å². The Hall–Kier alpha value is -2.12. The third-order valence-electron chi connectivity index (χ3n) is 4.59. The van der Waals surface area contributed by atoms with Gasteiger partial charge in [-0.15, -0.1) is 0 Å². The van der Waals surface area contributed by atoms with Crippen molar-refractivity contribution in [3.63, 3.8) is 0 Å². The van der Waals surface area contributed by atoms with Crippen LogP contribution in [-0.2, 0) is 12.5 Å². The standard InChI is InChI=1S/C18H19N3S/c1-18(2)10-17(22)21(4)16-7-5-12(9-14(16)18)15-8-6-13(11-19)20(15)3/h5-9H,10H2,1-4H3. The molecule has 0 aliphatic carbocycles. The second kappa shape index (κ2) is 4.96. The molecule has 0 N–H and O–H groups in total. The van der Waals surface area contributed by atoms with Crippen LogP contribution in [0, 0.1) is 11.3 Å². The first-order valence-electron chi connectivity index (χ1n) is 7.32. The Morgan fingerprint density at radius 1 is 1.18 bits per heavy atom. The lowest BCUT2D eigenvalue weighted by atomic mass is 9.77. The van der Waals surface area contributed by atoms with Crippen molar-refractivity contribution in [2.75, 3.05) is 11.9 Å². The van der Waals surface area contributed by atoms with E-state index in [1.165, 1.54) is 11.3 Å². The van der Waals surface area contributed by atoms with Crippen LogP contribution < -0.4 is 4.90 Å². The molecule has 1 aromatic heterocycles. The third-order valence-corrected chi connectivity index (χ3v) is 5.00. The SMILES string of the molecule is CN1C(=S)CC(C)(C)c2cc(-c3ccc(C#N)n3C)ccc21. The second-order valence-corrected chi connectivity index (χ2v) is 6.99. The molecule has 3 rings (SSSR count). The van der Waals surface area contributed by atoms with Crippen LogP contribution >= 0.6 is 12.2 Å². The van der Waals surface area contributed by atoms with E-state index in [1.54, 1.807) is 0 Å². The normalized spacial score (nSPS) is 16.3. The number of rotatable bonds is 1. The second-order valence-electron chi connectivity index (χ2n) is 6.52. The van der Waals surface area contributed by atoms with Crippen molar-refractivity contribution in [3.05, 3.63) is 41.6 Å². The van der Waals surface area contributed by atoms with E-state index in [0.29, 0.717) is 5.69 Å². The van der Waals surface area contributed by atoms with Crippen LogP contribution in [0.5, 0.6) is 0 Å². The topological polar surface area (TPSA) is 32.0 Å². The summed E-state index contributed by atoms with van der Waals surface area (Å²) in [4.78, 5) is 3.08. The predicted molar refractivity (Wildman–Crippen MR) is 94.2 cm³/mol. The van der Waals surface area contributed by atoms with Gasteiger partial charge in [0.1, 0.15) is 11.8 Å². The van der Waals surface area contributed by atoms with Crippen molar-refractivity contribution in [1.29, 1.82) is 5.26 Å². The molecule has 2 heterocycles. The summed E-state index contributed by atoms with van der Waals surface area (Å²) >= 11 is 5.51. The van der Waals surface area contributed by atoms with E-state index in [9.17, 15) is 0 Å². The number of aromatic nitrogens is 1. The van der Waals surface area contributed by atoms with Gasteiger partial charge >= 0.3 is 0 Å². The average molecular weight is 309 g/mol. The van der Waals surface area contributed by atoms with Gasteiger partial charge in [0.25, 0.3) is 0 Å². The number of benzene rings is 1. The van der Waals surface area contributed by atoms with Crippen molar-refractivity contribution in [2.45, 2.75) is 25.7 Å². The molecule has 0 saturated carbocycles. The van der Waals surface area contributed by atoms with Crippen LogP contribution in [0.4, 0.5) is 5.69 Å².